The van der Waals surface area contributed by atoms with E-state index in [9.17, 15) is 9.59 Å². The first-order valence-electron chi connectivity index (χ1n) is 8.77. The molecule has 1 amide bonds. The Balaban J connectivity index is 1.96. The van der Waals surface area contributed by atoms with Crippen molar-refractivity contribution in [1.82, 2.24) is 5.43 Å². The highest BCUT2D eigenvalue weighted by atomic mass is 79.9. The van der Waals surface area contributed by atoms with Gasteiger partial charge in [0.15, 0.2) is 6.61 Å². The predicted octanol–water partition coefficient (Wildman–Crippen LogP) is 4.06. The lowest BCUT2D eigenvalue weighted by molar-refractivity contribution is -0.145. The summed E-state index contributed by atoms with van der Waals surface area (Å²) in [5.41, 5.74) is 2.92. The van der Waals surface area contributed by atoms with Crippen LogP contribution < -0.4 is 10.2 Å². The number of hydrazone groups is 1. The third-order valence-corrected chi connectivity index (χ3v) is 4.85. The van der Waals surface area contributed by atoms with Crippen LogP contribution in [0.5, 0.6) is 5.75 Å². The summed E-state index contributed by atoms with van der Waals surface area (Å²) in [5, 5.41) is 6.09. The molecule has 7 heteroatoms. The van der Waals surface area contributed by atoms with Crippen molar-refractivity contribution in [2.75, 3.05) is 13.2 Å². The largest absolute Gasteiger partial charge is 0.483 e. The minimum Gasteiger partial charge on any atom is -0.483 e. The minimum atomic E-state index is -0.471. The van der Waals surface area contributed by atoms with Crippen molar-refractivity contribution >= 4 is 44.3 Å². The van der Waals surface area contributed by atoms with Crippen LogP contribution in [0.15, 0.2) is 46.0 Å². The van der Waals surface area contributed by atoms with E-state index in [4.69, 9.17) is 9.47 Å². The topological polar surface area (TPSA) is 77.0 Å². The zero-order valence-corrected chi connectivity index (χ0v) is 17.2. The monoisotopic (exact) mass is 434 g/mol. The molecule has 0 saturated heterocycles. The number of amides is 1. The molecule has 2 aromatic rings. The molecule has 6 nitrogen and oxygen atoms in total. The summed E-state index contributed by atoms with van der Waals surface area (Å²) in [7, 11) is 0. The zero-order chi connectivity index (χ0) is 19.8. The SMILES string of the molecule is CCOC(=O)[C@@H](CC)/C(C)=N\NC(=O)COc1ccc2ccccc2c1Br. The van der Waals surface area contributed by atoms with Crippen LogP contribution in [0.25, 0.3) is 10.8 Å². The van der Waals surface area contributed by atoms with Crippen LogP contribution in [-0.2, 0) is 14.3 Å². The van der Waals surface area contributed by atoms with Gasteiger partial charge in [0.2, 0.25) is 0 Å². The first-order valence-corrected chi connectivity index (χ1v) is 9.56. The van der Waals surface area contributed by atoms with Crippen LogP contribution in [0.3, 0.4) is 0 Å². The molecule has 0 aliphatic rings. The first kappa shape index (κ1) is 20.9. The van der Waals surface area contributed by atoms with E-state index in [1.54, 1.807) is 13.8 Å². The van der Waals surface area contributed by atoms with Crippen LogP contribution in [0.2, 0.25) is 0 Å². The number of benzene rings is 2. The number of nitrogens with one attached hydrogen (secondary N) is 1. The summed E-state index contributed by atoms with van der Waals surface area (Å²) in [6.45, 7) is 5.42. The standard InChI is InChI=1S/C20H23BrN2O4/c1-4-15(20(25)26-5-2)13(3)22-23-18(24)12-27-17-11-10-14-8-6-7-9-16(14)19(17)21/h6-11,15H,4-5,12H2,1-3H3,(H,23,24)/b22-13-/t15-/m0/s1. The van der Waals surface area contributed by atoms with Gasteiger partial charge in [-0.3, -0.25) is 9.59 Å². The third kappa shape index (κ3) is 5.53. The van der Waals surface area contributed by atoms with Crippen molar-refractivity contribution in [1.29, 1.82) is 0 Å². The highest BCUT2D eigenvalue weighted by molar-refractivity contribution is 9.10. The van der Waals surface area contributed by atoms with Crippen molar-refractivity contribution < 1.29 is 19.1 Å². The predicted molar refractivity (Wildman–Crippen MR) is 109 cm³/mol. The third-order valence-electron chi connectivity index (χ3n) is 4.03. The molecule has 144 valence electrons. The molecule has 0 unspecified atom stereocenters. The van der Waals surface area contributed by atoms with Crippen LogP contribution in [0, 0.1) is 5.92 Å². The van der Waals surface area contributed by atoms with Crippen LogP contribution in [0.1, 0.15) is 27.2 Å². The van der Waals surface area contributed by atoms with Crippen molar-refractivity contribution in [3.05, 3.63) is 40.9 Å². The van der Waals surface area contributed by atoms with Gasteiger partial charge in [-0.05, 0) is 53.0 Å². The molecule has 1 N–H and O–H groups in total. The lowest BCUT2D eigenvalue weighted by Crippen LogP contribution is -2.29. The molecule has 2 aromatic carbocycles. The number of fused-ring (bicyclic) bond motifs is 1. The number of nitrogens with zero attached hydrogens (tertiary/aromatic N) is 1. The van der Waals surface area contributed by atoms with Gasteiger partial charge in [-0.25, -0.2) is 5.43 Å². The van der Waals surface area contributed by atoms with Gasteiger partial charge in [0.1, 0.15) is 5.75 Å². The Hall–Kier alpha value is -2.41. The van der Waals surface area contributed by atoms with E-state index in [1.807, 2.05) is 43.3 Å². The second-order valence-corrected chi connectivity index (χ2v) is 6.68. The molecule has 0 aliphatic heterocycles. The molecule has 0 radical (unpaired) electrons. The lowest BCUT2D eigenvalue weighted by atomic mass is 10.0. The van der Waals surface area contributed by atoms with Crippen molar-refractivity contribution in [2.24, 2.45) is 11.0 Å². The van der Waals surface area contributed by atoms with Crippen LogP contribution in [-0.4, -0.2) is 30.8 Å². The second-order valence-electron chi connectivity index (χ2n) is 5.89. The van der Waals surface area contributed by atoms with Gasteiger partial charge in [-0.2, -0.15) is 5.10 Å². The Morgan fingerprint density at radius 3 is 2.63 bits per heavy atom. The summed E-state index contributed by atoms with van der Waals surface area (Å²) >= 11 is 3.52. The molecule has 0 fully saturated rings. The van der Waals surface area contributed by atoms with E-state index in [0.717, 1.165) is 15.2 Å². The first-order chi connectivity index (χ1) is 13.0. The molecule has 1 atom stereocenters. The highest BCUT2D eigenvalue weighted by Gasteiger charge is 2.21. The van der Waals surface area contributed by atoms with E-state index >= 15 is 0 Å². The van der Waals surface area contributed by atoms with Crippen molar-refractivity contribution in [2.45, 2.75) is 27.2 Å². The summed E-state index contributed by atoms with van der Waals surface area (Å²) in [4.78, 5) is 23.9. The fraction of sp³-hybridized carbons (Fsp3) is 0.350. The van der Waals surface area contributed by atoms with E-state index in [0.29, 0.717) is 24.5 Å². The maximum Gasteiger partial charge on any atom is 0.314 e. The number of hydrogen-bond donors (Lipinski definition) is 1. The summed E-state index contributed by atoms with van der Waals surface area (Å²) in [6.07, 6.45) is 0.546. The zero-order valence-electron chi connectivity index (χ0n) is 15.6. The number of ether oxygens (including phenoxy) is 2. The fourth-order valence-corrected chi connectivity index (χ4v) is 3.21. The number of carbonyl (C=O) groups excluding carboxylic acids is 2. The number of halogens is 1. The molecule has 0 aliphatic carbocycles. The molecular weight excluding hydrogens is 412 g/mol. The molecular formula is C20H23BrN2O4. The quantitative estimate of drug-likeness (QED) is 0.386. The van der Waals surface area contributed by atoms with Crippen molar-refractivity contribution in [3.8, 4) is 5.75 Å². The van der Waals surface area contributed by atoms with Gasteiger partial charge >= 0.3 is 5.97 Å². The van der Waals surface area contributed by atoms with Crippen molar-refractivity contribution in [3.63, 3.8) is 0 Å². The van der Waals surface area contributed by atoms with Gasteiger partial charge in [0.25, 0.3) is 5.91 Å². The summed E-state index contributed by atoms with van der Waals surface area (Å²) < 4.78 is 11.4. The van der Waals surface area contributed by atoms with Gasteiger partial charge in [0.05, 0.1) is 17.0 Å². The molecule has 2 rings (SSSR count). The summed E-state index contributed by atoms with van der Waals surface area (Å²) in [6, 6.07) is 11.6. The molecule has 0 bridgehead atoms. The maximum absolute atomic E-state index is 12.0. The normalized spacial score (nSPS) is 12.5. The number of hydrogen-bond acceptors (Lipinski definition) is 5. The second kappa shape index (κ2) is 10.1. The average molecular weight is 435 g/mol. The van der Waals surface area contributed by atoms with E-state index in [-0.39, 0.29) is 12.6 Å². The Morgan fingerprint density at radius 2 is 1.93 bits per heavy atom. The van der Waals surface area contributed by atoms with E-state index < -0.39 is 11.8 Å². The summed E-state index contributed by atoms with van der Waals surface area (Å²) in [5.74, 6) is -0.650. The van der Waals surface area contributed by atoms with Gasteiger partial charge in [-0.1, -0.05) is 37.3 Å². The maximum atomic E-state index is 12.0. The average Bonchev–Trinajstić information content (AvgIpc) is 2.67. The Bertz CT molecular complexity index is 851. The van der Waals surface area contributed by atoms with Crippen LogP contribution >= 0.6 is 15.9 Å². The number of rotatable bonds is 8. The van der Waals surface area contributed by atoms with Gasteiger partial charge < -0.3 is 9.47 Å². The smallest absolute Gasteiger partial charge is 0.314 e. The minimum absolute atomic E-state index is 0.191. The molecule has 27 heavy (non-hydrogen) atoms. The van der Waals surface area contributed by atoms with Gasteiger partial charge in [-0.15, -0.1) is 0 Å². The van der Waals surface area contributed by atoms with Crippen LogP contribution in [0.4, 0.5) is 0 Å². The molecule has 0 saturated carbocycles. The Kier molecular flexibility index (Phi) is 7.79. The Labute approximate surface area is 167 Å². The van der Waals surface area contributed by atoms with E-state index in [2.05, 4.69) is 26.5 Å². The van der Waals surface area contributed by atoms with Gasteiger partial charge in [0, 0.05) is 5.71 Å². The fourth-order valence-electron chi connectivity index (χ4n) is 2.60. The molecule has 0 aromatic heterocycles. The number of carbonyl (C=O) groups is 2. The van der Waals surface area contributed by atoms with E-state index in [1.165, 1.54) is 0 Å². The number of esters is 1. The lowest BCUT2D eigenvalue weighted by Gasteiger charge is -2.13. The Morgan fingerprint density at radius 1 is 1.19 bits per heavy atom. The molecule has 0 heterocycles. The molecule has 0 spiro atoms. The highest BCUT2D eigenvalue weighted by Crippen LogP contribution is 2.32.